The van der Waals surface area contributed by atoms with Crippen LogP contribution in [0.5, 0.6) is 0 Å². The van der Waals surface area contributed by atoms with Gasteiger partial charge in [0.1, 0.15) is 0 Å². The Morgan fingerprint density at radius 2 is 1.59 bits per heavy atom. The summed E-state index contributed by atoms with van der Waals surface area (Å²) in [5, 5.41) is 8.63. The Hall–Kier alpha value is -1.10. The monoisotopic (exact) mass is 242 g/mol. The van der Waals surface area contributed by atoms with Crippen molar-refractivity contribution < 1.29 is 14.7 Å². The summed E-state index contributed by atoms with van der Waals surface area (Å²) in [6, 6.07) is 0. The Morgan fingerprint density at radius 3 is 2.24 bits per heavy atom. The third kappa shape index (κ3) is 4.34. The van der Waals surface area contributed by atoms with Gasteiger partial charge in [0.15, 0.2) is 0 Å². The lowest BCUT2D eigenvalue weighted by Crippen LogP contribution is -2.53. The molecule has 0 bridgehead atoms. The molecule has 0 unspecified atom stereocenters. The van der Waals surface area contributed by atoms with Crippen molar-refractivity contribution in [2.45, 2.75) is 32.6 Å². The molecule has 0 radical (unpaired) electrons. The molecule has 1 N–H and O–H groups in total. The van der Waals surface area contributed by atoms with Crippen molar-refractivity contribution >= 4 is 11.8 Å². The maximum absolute atomic E-state index is 11.7. The Balaban J connectivity index is 2.25. The van der Waals surface area contributed by atoms with Gasteiger partial charge in [-0.3, -0.25) is 9.59 Å². The lowest BCUT2D eigenvalue weighted by Gasteiger charge is -2.33. The Kier molecular flexibility index (Phi) is 5.97. The van der Waals surface area contributed by atoms with E-state index in [-0.39, 0.29) is 31.5 Å². The zero-order valence-electron chi connectivity index (χ0n) is 10.5. The lowest BCUT2D eigenvalue weighted by molar-refractivity contribution is -0.149. The highest BCUT2D eigenvalue weighted by molar-refractivity contribution is 5.92. The van der Waals surface area contributed by atoms with Crippen molar-refractivity contribution in [3.63, 3.8) is 0 Å². The van der Waals surface area contributed by atoms with Crippen molar-refractivity contribution in [2.75, 3.05) is 32.8 Å². The van der Waals surface area contributed by atoms with Crippen molar-refractivity contribution in [2.24, 2.45) is 0 Å². The van der Waals surface area contributed by atoms with E-state index in [1.54, 1.807) is 9.80 Å². The highest BCUT2D eigenvalue weighted by Crippen LogP contribution is 2.07. The van der Waals surface area contributed by atoms with Crippen LogP contribution >= 0.6 is 0 Å². The highest BCUT2D eigenvalue weighted by atomic mass is 16.3. The van der Waals surface area contributed by atoms with Crippen molar-refractivity contribution in [3.05, 3.63) is 0 Å². The molecule has 0 aromatic carbocycles. The number of hydrogen-bond acceptors (Lipinski definition) is 3. The third-order valence-corrected chi connectivity index (χ3v) is 3.08. The third-order valence-electron chi connectivity index (χ3n) is 3.08. The van der Waals surface area contributed by atoms with Crippen LogP contribution in [-0.4, -0.2) is 59.5 Å². The van der Waals surface area contributed by atoms with Crippen molar-refractivity contribution in [1.29, 1.82) is 0 Å². The van der Waals surface area contributed by atoms with Crippen molar-refractivity contribution in [3.8, 4) is 0 Å². The Morgan fingerprint density at radius 1 is 1.00 bits per heavy atom. The number of aliphatic hydroxyl groups excluding tert-OH is 1. The summed E-state index contributed by atoms with van der Waals surface area (Å²) in [7, 11) is 0. The Bertz CT molecular complexity index is 268. The molecule has 0 aromatic rings. The standard InChI is InChI=1S/C12H22N2O3/c1-2-13-9-12(17)14(10-11(13)16)7-5-3-4-6-8-15/h15H,2-10H2,1H3. The average molecular weight is 242 g/mol. The molecule has 0 saturated carbocycles. The van der Waals surface area contributed by atoms with Crippen LogP contribution in [-0.2, 0) is 9.59 Å². The molecule has 2 amide bonds. The van der Waals surface area contributed by atoms with Crippen LogP contribution in [0.25, 0.3) is 0 Å². The van der Waals surface area contributed by atoms with E-state index in [0.717, 1.165) is 25.7 Å². The molecule has 0 atom stereocenters. The van der Waals surface area contributed by atoms with Crippen LogP contribution in [0.4, 0.5) is 0 Å². The van der Waals surface area contributed by atoms with Gasteiger partial charge in [0.2, 0.25) is 11.8 Å². The minimum atomic E-state index is 0.0439. The first-order chi connectivity index (χ1) is 8.19. The molecular weight excluding hydrogens is 220 g/mol. The number of unbranched alkanes of at least 4 members (excludes halogenated alkanes) is 3. The molecule has 1 rings (SSSR count). The van der Waals surface area contributed by atoms with Gasteiger partial charge in [0.05, 0.1) is 13.1 Å². The van der Waals surface area contributed by atoms with Crippen LogP contribution in [0, 0.1) is 0 Å². The van der Waals surface area contributed by atoms with Crippen LogP contribution in [0.15, 0.2) is 0 Å². The molecule has 1 saturated heterocycles. The molecule has 5 heteroatoms. The molecular formula is C12H22N2O3. The van der Waals surface area contributed by atoms with Gasteiger partial charge < -0.3 is 14.9 Å². The van der Waals surface area contributed by atoms with Crippen LogP contribution < -0.4 is 0 Å². The SMILES string of the molecule is CCN1CC(=O)N(CCCCCCO)CC1=O. The van der Waals surface area contributed by atoms with Crippen LogP contribution in [0.2, 0.25) is 0 Å². The summed E-state index contributed by atoms with van der Waals surface area (Å²) >= 11 is 0. The first-order valence-electron chi connectivity index (χ1n) is 6.35. The van der Waals surface area contributed by atoms with E-state index in [1.807, 2.05) is 6.92 Å². The number of carbonyl (C=O) groups excluding carboxylic acids is 2. The number of amides is 2. The molecule has 98 valence electrons. The smallest absolute Gasteiger partial charge is 0.242 e. The van der Waals surface area contributed by atoms with Gasteiger partial charge in [0, 0.05) is 19.7 Å². The Labute approximate surface area is 102 Å². The zero-order chi connectivity index (χ0) is 12.7. The molecule has 1 heterocycles. The van der Waals surface area contributed by atoms with Crippen LogP contribution in [0.1, 0.15) is 32.6 Å². The van der Waals surface area contributed by atoms with Gasteiger partial charge in [-0.1, -0.05) is 12.8 Å². The normalized spacial score (nSPS) is 16.8. The van der Waals surface area contributed by atoms with E-state index in [1.165, 1.54) is 0 Å². The summed E-state index contributed by atoms with van der Waals surface area (Å²) < 4.78 is 0. The minimum absolute atomic E-state index is 0.0439. The van der Waals surface area contributed by atoms with Gasteiger partial charge in [0.25, 0.3) is 0 Å². The molecule has 0 spiro atoms. The molecule has 1 fully saturated rings. The second-order valence-electron chi connectivity index (χ2n) is 4.36. The number of rotatable bonds is 7. The maximum atomic E-state index is 11.7. The number of nitrogens with zero attached hydrogens (tertiary/aromatic N) is 2. The molecule has 1 aliphatic heterocycles. The lowest BCUT2D eigenvalue weighted by atomic mass is 10.2. The molecule has 0 aromatic heterocycles. The highest BCUT2D eigenvalue weighted by Gasteiger charge is 2.27. The summed E-state index contributed by atoms with van der Waals surface area (Å²) in [5.41, 5.74) is 0. The fourth-order valence-corrected chi connectivity index (χ4v) is 1.96. The quantitative estimate of drug-likeness (QED) is 0.650. The second-order valence-corrected chi connectivity index (χ2v) is 4.36. The molecule has 0 aliphatic carbocycles. The summed E-state index contributed by atoms with van der Waals surface area (Å²) in [6.45, 7) is 3.84. The van der Waals surface area contributed by atoms with E-state index in [9.17, 15) is 9.59 Å². The van der Waals surface area contributed by atoms with Gasteiger partial charge in [-0.05, 0) is 19.8 Å². The molecule has 17 heavy (non-hydrogen) atoms. The zero-order valence-corrected chi connectivity index (χ0v) is 10.5. The fraction of sp³-hybridized carbons (Fsp3) is 0.833. The number of likely N-dealkylation sites (N-methyl/N-ethyl adjacent to an activating group) is 1. The van der Waals surface area contributed by atoms with E-state index >= 15 is 0 Å². The minimum Gasteiger partial charge on any atom is -0.396 e. The van der Waals surface area contributed by atoms with Gasteiger partial charge >= 0.3 is 0 Å². The van der Waals surface area contributed by atoms with E-state index in [0.29, 0.717) is 13.1 Å². The number of piperazine rings is 1. The maximum Gasteiger partial charge on any atom is 0.242 e. The molecule has 1 aliphatic rings. The van der Waals surface area contributed by atoms with Gasteiger partial charge in [-0.2, -0.15) is 0 Å². The number of hydrogen-bond donors (Lipinski definition) is 1. The van der Waals surface area contributed by atoms with Crippen LogP contribution in [0.3, 0.4) is 0 Å². The van der Waals surface area contributed by atoms with Crippen molar-refractivity contribution in [1.82, 2.24) is 9.80 Å². The predicted molar refractivity (Wildman–Crippen MR) is 64.4 cm³/mol. The predicted octanol–water partition coefficient (Wildman–Crippen LogP) is 0.230. The number of aliphatic hydroxyl groups is 1. The average Bonchev–Trinajstić information content (AvgIpc) is 2.32. The molecule has 5 nitrogen and oxygen atoms in total. The first kappa shape index (κ1) is 14.0. The summed E-state index contributed by atoms with van der Waals surface area (Å²) in [4.78, 5) is 26.6. The van der Waals surface area contributed by atoms with E-state index < -0.39 is 0 Å². The largest absolute Gasteiger partial charge is 0.396 e. The van der Waals surface area contributed by atoms with E-state index in [2.05, 4.69) is 0 Å². The van der Waals surface area contributed by atoms with Gasteiger partial charge in [-0.25, -0.2) is 0 Å². The summed E-state index contributed by atoms with van der Waals surface area (Å²) in [5.74, 6) is 0.0936. The summed E-state index contributed by atoms with van der Waals surface area (Å²) in [6.07, 6.45) is 3.70. The number of carbonyl (C=O) groups is 2. The van der Waals surface area contributed by atoms with E-state index in [4.69, 9.17) is 5.11 Å². The van der Waals surface area contributed by atoms with Gasteiger partial charge in [-0.15, -0.1) is 0 Å². The topological polar surface area (TPSA) is 60.9 Å². The first-order valence-corrected chi connectivity index (χ1v) is 6.35. The second kappa shape index (κ2) is 7.27. The fourth-order valence-electron chi connectivity index (χ4n) is 1.96.